The number of nitrogens with zero attached hydrogens (tertiary/aromatic N) is 2. The van der Waals surface area contributed by atoms with Crippen LogP contribution in [0, 0.1) is 5.92 Å². The molecule has 2 saturated carbocycles. The maximum atomic E-state index is 5.41. The lowest BCUT2D eigenvalue weighted by atomic mass is 9.85. The molecule has 1 heterocycles. The van der Waals surface area contributed by atoms with E-state index in [1.807, 2.05) is 0 Å². The molecular weight excluding hydrogens is 226 g/mol. The third kappa shape index (κ3) is 2.74. The van der Waals surface area contributed by atoms with Gasteiger partial charge < -0.3 is 9.84 Å². The van der Waals surface area contributed by atoms with Crippen molar-refractivity contribution in [3.05, 3.63) is 11.7 Å². The second-order valence-corrected chi connectivity index (χ2v) is 5.78. The van der Waals surface area contributed by atoms with E-state index < -0.39 is 0 Å². The topological polar surface area (TPSA) is 51.0 Å². The highest BCUT2D eigenvalue weighted by atomic mass is 16.5. The first-order valence-corrected chi connectivity index (χ1v) is 7.42. The molecule has 1 aromatic rings. The van der Waals surface area contributed by atoms with Gasteiger partial charge in [0.2, 0.25) is 5.89 Å². The molecule has 4 heteroatoms. The Bertz CT molecular complexity index is 382. The van der Waals surface area contributed by atoms with E-state index in [2.05, 4.69) is 22.4 Å². The van der Waals surface area contributed by atoms with Crippen molar-refractivity contribution in [1.29, 1.82) is 0 Å². The van der Waals surface area contributed by atoms with Crippen LogP contribution in [0.1, 0.15) is 63.1 Å². The number of rotatable bonds is 7. The molecule has 0 aromatic carbocycles. The molecule has 4 nitrogen and oxygen atoms in total. The summed E-state index contributed by atoms with van der Waals surface area (Å²) >= 11 is 0. The molecule has 3 rings (SSSR count). The lowest BCUT2D eigenvalue weighted by Crippen LogP contribution is -2.33. The minimum absolute atomic E-state index is 0.541. The SMILES string of the molecule is CCCNC(Cc1nc(C2CCC2)no1)C1CC1. The molecule has 1 unspecified atom stereocenters. The Morgan fingerprint density at radius 2 is 2.17 bits per heavy atom. The minimum atomic E-state index is 0.541. The van der Waals surface area contributed by atoms with E-state index in [-0.39, 0.29) is 0 Å². The molecule has 0 bridgehead atoms. The van der Waals surface area contributed by atoms with Crippen LogP contribution < -0.4 is 5.32 Å². The molecule has 1 N–H and O–H groups in total. The van der Waals surface area contributed by atoms with Crippen molar-refractivity contribution in [3.63, 3.8) is 0 Å². The number of hydrogen-bond acceptors (Lipinski definition) is 4. The predicted molar refractivity (Wildman–Crippen MR) is 69.4 cm³/mol. The fraction of sp³-hybridized carbons (Fsp3) is 0.857. The van der Waals surface area contributed by atoms with E-state index >= 15 is 0 Å². The van der Waals surface area contributed by atoms with Crippen molar-refractivity contribution >= 4 is 0 Å². The number of hydrogen-bond donors (Lipinski definition) is 1. The monoisotopic (exact) mass is 249 g/mol. The Hall–Kier alpha value is -0.900. The summed E-state index contributed by atoms with van der Waals surface area (Å²) in [6, 6.07) is 0.541. The third-order valence-electron chi connectivity index (χ3n) is 4.20. The van der Waals surface area contributed by atoms with Crippen LogP contribution in [0.4, 0.5) is 0 Å². The molecule has 0 radical (unpaired) electrons. The van der Waals surface area contributed by atoms with E-state index in [1.54, 1.807) is 0 Å². The van der Waals surface area contributed by atoms with Crippen molar-refractivity contribution in [2.24, 2.45) is 5.92 Å². The summed E-state index contributed by atoms with van der Waals surface area (Å²) in [4.78, 5) is 4.57. The smallest absolute Gasteiger partial charge is 0.228 e. The van der Waals surface area contributed by atoms with Crippen molar-refractivity contribution in [2.45, 2.75) is 63.8 Å². The first kappa shape index (κ1) is 12.2. The molecule has 2 fully saturated rings. The number of nitrogens with one attached hydrogen (secondary N) is 1. The van der Waals surface area contributed by atoms with Crippen LogP contribution in [-0.2, 0) is 6.42 Å². The molecular formula is C14H23N3O. The molecule has 1 atom stereocenters. The number of aromatic nitrogens is 2. The standard InChI is InChI=1S/C14H23N3O/c1-2-8-15-12(10-6-7-10)9-13-16-14(17-18-13)11-4-3-5-11/h10-12,15H,2-9H2,1H3. The first-order valence-electron chi connectivity index (χ1n) is 7.42. The average Bonchev–Trinajstić information content (AvgIpc) is 3.05. The molecule has 0 amide bonds. The zero-order valence-corrected chi connectivity index (χ0v) is 11.2. The van der Waals surface area contributed by atoms with Crippen molar-refractivity contribution in [2.75, 3.05) is 6.54 Å². The van der Waals surface area contributed by atoms with Crippen LogP contribution in [0.3, 0.4) is 0 Å². The first-order chi connectivity index (χ1) is 8.86. The summed E-state index contributed by atoms with van der Waals surface area (Å²) < 4.78 is 5.41. The van der Waals surface area contributed by atoms with Gasteiger partial charge in [0.15, 0.2) is 5.82 Å². The summed E-state index contributed by atoms with van der Waals surface area (Å²) in [6.07, 6.45) is 8.58. The largest absolute Gasteiger partial charge is 0.339 e. The van der Waals surface area contributed by atoms with Gasteiger partial charge in [-0.15, -0.1) is 0 Å². The maximum absolute atomic E-state index is 5.41. The van der Waals surface area contributed by atoms with E-state index in [0.29, 0.717) is 12.0 Å². The summed E-state index contributed by atoms with van der Waals surface area (Å²) in [5.41, 5.74) is 0. The van der Waals surface area contributed by atoms with Crippen LogP contribution >= 0.6 is 0 Å². The van der Waals surface area contributed by atoms with E-state index in [0.717, 1.165) is 30.6 Å². The van der Waals surface area contributed by atoms with Gasteiger partial charge in [-0.3, -0.25) is 0 Å². The van der Waals surface area contributed by atoms with Gasteiger partial charge >= 0.3 is 0 Å². The highest BCUT2D eigenvalue weighted by molar-refractivity contribution is 5.01. The van der Waals surface area contributed by atoms with Crippen LogP contribution in [0.25, 0.3) is 0 Å². The molecule has 0 spiro atoms. The van der Waals surface area contributed by atoms with Crippen LogP contribution in [0.5, 0.6) is 0 Å². The fourth-order valence-electron chi connectivity index (χ4n) is 2.61. The summed E-state index contributed by atoms with van der Waals surface area (Å²) in [7, 11) is 0. The van der Waals surface area contributed by atoms with Crippen LogP contribution in [0.15, 0.2) is 4.52 Å². The highest BCUT2D eigenvalue weighted by Crippen LogP contribution is 2.36. The summed E-state index contributed by atoms with van der Waals surface area (Å²) in [5.74, 6) is 3.18. The zero-order chi connectivity index (χ0) is 12.4. The van der Waals surface area contributed by atoms with Gasteiger partial charge in [0.25, 0.3) is 0 Å². The van der Waals surface area contributed by atoms with Crippen molar-refractivity contribution < 1.29 is 4.52 Å². The Kier molecular flexibility index (Phi) is 3.64. The predicted octanol–water partition coefficient (Wildman–Crippen LogP) is 2.66. The van der Waals surface area contributed by atoms with Gasteiger partial charge in [-0.25, -0.2) is 0 Å². The fourth-order valence-corrected chi connectivity index (χ4v) is 2.61. The molecule has 0 saturated heterocycles. The van der Waals surface area contributed by atoms with Gasteiger partial charge in [-0.05, 0) is 44.6 Å². The summed E-state index contributed by atoms with van der Waals surface area (Å²) in [6.45, 7) is 3.29. The normalized spacial score (nSPS) is 21.8. The second-order valence-electron chi connectivity index (χ2n) is 5.78. The van der Waals surface area contributed by atoms with E-state index in [4.69, 9.17) is 4.52 Å². The third-order valence-corrected chi connectivity index (χ3v) is 4.20. The van der Waals surface area contributed by atoms with Gasteiger partial charge in [0.05, 0.1) is 0 Å². The van der Waals surface area contributed by atoms with Gasteiger partial charge in [0.1, 0.15) is 0 Å². The second kappa shape index (κ2) is 5.39. The Morgan fingerprint density at radius 3 is 2.78 bits per heavy atom. The van der Waals surface area contributed by atoms with E-state index in [9.17, 15) is 0 Å². The average molecular weight is 249 g/mol. The van der Waals surface area contributed by atoms with Crippen LogP contribution in [-0.4, -0.2) is 22.7 Å². The van der Waals surface area contributed by atoms with Crippen molar-refractivity contribution in [3.8, 4) is 0 Å². The summed E-state index contributed by atoms with van der Waals surface area (Å²) in [5, 5.41) is 7.76. The highest BCUT2D eigenvalue weighted by Gasteiger charge is 2.32. The van der Waals surface area contributed by atoms with Gasteiger partial charge in [0, 0.05) is 18.4 Å². The molecule has 1 aromatic heterocycles. The van der Waals surface area contributed by atoms with Gasteiger partial charge in [-0.1, -0.05) is 18.5 Å². The quantitative estimate of drug-likeness (QED) is 0.807. The molecule has 2 aliphatic carbocycles. The lowest BCUT2D eigenvalue weighted by molar-refractivity contribution is 0.330. The Labute approximate surface area is 109 Å². The minimum Gasteiger partial charge on any atom is -0.339 e. The molecule has 2 aliphatic rings. The van der Waals surface area contributed by atoms with Crippen molar-refractivity contribution in [1.82, 2.24) is 15.5 Å². The van der Waals surface area contributed by atoms with Crippen LogP contribution in [0.2, 0.25) is 0 Å². The Balaban J connectivity index is 1.57. The molecule has 100 valence electrons. The lowest BCUT2D eigenvalue weighted by Gasteiger charge is -2.21. The Morgan fingerprint density at radius 1 is 1.33 bits per heavy atom. The maximum Gasteiger partial charge on any atom is 0.228 e. The molecule has 18 heavy (non-hydrogen) atoms. The van der Waals surface area contributed by atoms with Gasteiger partial charge in [-0.2, -0.15) is 4.98 Å². The molecule has 0 aliphatic heterocycles. The zero-order valence-electron chi connectivity index (χ0n) is 11.2. The van der Waals surface area contributed by atoms with E-state index in [1.165, 1.54) is 38.5 Å².